The Morgan fingerprint density at radius 3 is 2.29 bits per heavy atom. The van der Waals surface area contributed by atoms with E-state index in [0.717, 1.165) is 29.9 Å². The third-order valence-electron chi connectivity index (χ3n) is 5.29. The Bertz CT molecular complexity index is 820. The quantitative estimate of drug-likeness (QED) is 0.422. The van der Waals surface area contributed by atoms with E-state index in [-0.39, 0.29) is 11.5 Å². The number of aryl methyl sites for hydroxylation is 2. The molecule has 0 heterocycles. The largest absolute Gasteiger partial charge is 0.493 e. The van der Waals surface area contributed by atoms with E-state index in [9.17, 15) is 8.42 Å². The Balaban J connectivity index is 1.39. The van der Waals surface area contributed by atoms with Gasteiger partial charge in [0.05, 0.1) is 18.1 Å². The zero-order valence-electron chi connectivity index (χ0n) is 16.6. The average molecular weight is 403 g/mol. The maximum Gasteiger partial charge on any atom is 0.296 e. The molecule has 0 atom stereocenters. The molecule has 0 saturated heterocycles. The molecule has 3 rings (SSSR count). The van der Waals surface area contributed by atoms with Crippen molar-refractivity contribution in [3.63, 3.8) is 0 Å². The molecule has 1 aliphatic rings. The number of benzene rings is 2. The fourth-order valence-electron chi connectivity index (χ4n) is 3.54. The number of hydrogen-bond donors (Lipinski definition) is 0. The molecule has 0 radical (unpaired) electrons. The molecule has 0 aliphatic heterocycles. The van der Waals surface area contributed by atoms with Crippen molar-refractivity contribution in [1.82, 2.24) is 0 Å². The SMILES string of the molecule is Cc1ccc(S(=O)(=O)OCCCc2ccc(OCC3CCCCC3)cc2)cc1. The molecule has 0 amide bonds. The predicted octanol–water partition coefficient (Wildman–Crippen LogP) is 5.29. The fraction of sp³-hybridized carbons (Fsp3) is 0.478. The van der Waals surface area contributed by atoms with Gasteiger partial charge in [0.15, 0.2) is 0 Å². The summed E-state index contributed by atoms with van der Waals surface area (Å²) in [4.78, 5) is 0.206. The van der Waals surface area contributed by atoms with Crippen LogP contribution in [0, 0.1) is 12.8 Å². The lowest BCUT2D eigenvalue weighted by atomic mass is 9.90. The highest BCUT2D eigenvalue weighted by Crippen LogP contribution is 2.25. The van der Waals surface area contributed by atoms with Gasteiger partial charge in [0.25, 0.3) is 10.1 Å². The molecule has 2 aromatic carbocycles. The third kappa shape index (κ3) is 6.35. The summed E-state index contributed by atoms with van der Waals surface area (Å²) < 4.78 is 35.4. The van der Waals surface area contributed by atoms with Crippen LogP contribution >= 0.6 is 0 Å². The summed E-state index contributed by atoms with van der Waals surface area (Å²) in [7, 11) is -3.68. The summed E-state index contributed by atoms with van der Waals surface area (Å²) in [5.41, 5.74) is 2.17. The van der Waals surface area contributed by atoms with Gasteiger partial charge in [-0.05, 0) is 68.4 Å². The van der Waals surface area contributed by atoms with E-state index in [0.29, 0.717) is 12.3 Å². The van der Waals surface area contributed by atoms with Crippen molar-refractivity contribution in [3.05, 3.63) is 59.7 Å². The average Bonchev–Trinajstić information content (AvgIpc) is 2.72. The highest BCUT2D eigenvalue weighted by atomic mass is 32.2. The fourth-order valence-corrected chi connectivity index (χ4v) is 4.48. The van der Waals surface area contributed by atoms with Gasteiger partial charge in [-0.3, -0.25) is 4.18 Å². The van der Waals surface area contributed by atoms with Gasteiger partial charge in [0.1, 0.15) is 5.75 Å². The van der Waals surface area contributed by atoms with Crippen LogP contribution in [0.1, 0.15) is 49.7 Å². The Kier molecular flexibility index (Phi) is 7.51. The minimum Gasteiger partial charge on any atom is -0.493 e. The minimum absolute atomic E-state index is 0.177. The number of ether oxygens (including phenoxy) is 1. The summed E-state index contributed by atoms with van der Waals surface area (Å²) in [6.45, 7) is 2.91. The van der Waals surface area contributed by atoms with Crippen LogP contribution in [0.2, 0.25) is 0 Å². The van der Waals surface area contributed by atoms with Gasteiger partial charge in [-0.15, -0.1) is 0 Å². The predicted molar refractivity (Wildman–Crippen MR) is 111 cm³/mol. The van der Waals surface area contributed by atoms with E-state index in [2.05, 4.69) is 0 Å². The Morgan fingerprint density at radius 1 is 0.929 bits per heavy atom. The molecule has 2 aromatic rings. The van der Waals surface area contributed by atoms with Gasteiger partial charge in [0.2, 0.25) is 0 Å². The lowest BCUT2D eigenvalue weighted by molar-refractivity contribution is 0.209. The second-order valence-corrected chi connectivity index (χ2v) is 9.27. The number of hydrogen-bond acceptors (Lipinski definition) is 4. The minimum atomic E-state index is -3.68. The van der Waals surface area contributed by atoms with Crippen molar-refractivity contribution < 1.29 is 17.3 Å². The van der Waals surface area contributed by atoms with Crippen LogP contribution in [-0.2, 0) is 20.7 Å². The van der Waals surface area contributed by atoms with Crippen LogP contribution in [0.3, 0.4) is 0 Å². The molecule has 4 nitrogen and oxygen atoms in total. The summed E-state index contributed by atoms with van der Waals surface area (Å²) in [5.74, 6) is 1.61. The Labute approximate surface area is 169 Å². The van der Waals surface area contributed by atoms with E-state index < -0.39 is 10.1 Å². The first kappa shape index (κ1) is 20.9. The topological polar surface area (TPSA) is 52.6 Å². The maximum atomic E-state index is 12.2. The molecule has 0 N–H and O–H groups in total. The lowest BCUT2D eigenvalue weighted by Gasteiger charge is -2.21. The molecule has 5 heteroatoms. The molecule has 0 spiro atoms. The zero-order valence-corrected chi connectivity index (χ0v) is 17.4. The molecule has 1 saturated carbocycles. The van der Waals surface area contributed by atoms with Gasteiger partial charge in [0, 0.05) is 0 Å². The van der Waals surface area contributed by atoms with Crippen LogP contribution in [-0.4, -0.2) is 21.6 Å². The molecule has 1 fully saturated rings. The molecule has 0 bridgehead atoms. The smallest absolute Gasteiger partial charge is 0.296 e. The van der Waals surface area contributed by atoms with Gasteiger partial charge in [-0.25, -0.2) is 0 Å². The molecular weight excluding hydrogens is 372 g/mol. The monoisotopic (exact) mass is 402 g/mol. The molecule has 152 valence electrons. The third-order valence-corrected chi connectivity index (χ3v) is 6.62. The van der Waals surface area contributed by atoms with Gasteiger partial charge < -0.3 is 4.74 Å². The van der Waals surface area contributed by atoms with Crippen LogP contribution < -0.4 is 4.74 Å². The van der Waals surface area contributed by atoms with Crippen LogP contribution in [0.15, 0.2) is 53.4 Å². The zero-order chi connectivity index (χ0) is 19.8. The van der Waals surface area contributed by atoms with Gasteiger partial charge in [-0.1, -0.05) is 49.1 Å². The van der Waals surface area contributed by atoms with Crippen LogP contribution in [0.5, 0.6) is 5.75 Å². The Hall–Kier alpha value is -1.85. The summed E-state index contributed by atoms with van der Waals surface area (Å²) in [5, 5.41) is 0. The van der Waals surface area contributed by atoms with Gasteiger partial charge in [-0.2, -0.15) is 8.42 Å². The second-order valence-electron chi connectivity index (χ2n) is 7.65. The van der Waals surface area contributed by atoms with Crippen molar-refractivity contribution >= 4 is 10.1 Å². The summed E-state index contributed by atoms with van der Waals surface area (Å²) >= 11 is 0. The van der Waals surface area contributed by atoms with Crippen LogP contribution in [0.4, 0.5) is 0 Å². The summed E-state index contributed by atoms with van der Waals surface area (Å²) in [6, 6.07) is 14.8. The highest BCUT2D eigenvalue weighted by Gasteiger charge is 2.15. The van der Waals surface area contributed by atoms with Crippen LogP contribution in [0.25, 0.3) is 0 Å². The lowest BCUT2D eigenvalue weighted by Crippen LogP contribution is -2.15. The molecule has 1 aliphatic carbocycles. The van der Waals surface area contributed by atoms with E-state index in [1.165, 1.54) is 32.1 Å². The van der Waals surface area contributed by atoms with Crippen molar-refractivity contribution in [1.29, 1.82) is 0 Å². The second kappa shape index (κ2) is 10.1. The summed E-state index contributed by atoms with van der Waals surface area (Å²) in [6.07, 6.45) is 8.00. The molecule has 28 heavy (non-hydrogen) atoms. The first-order valence-electron chi connectivity index (χ1n) is 10.2. The first-order chi connectivity index (χ1) is 13.5. The van der Waals surface area contributed by atoms with Gasteiger partial charge >= 0.3 is 0 Å². The molecular formula is C23H30O4S. The maximum absolute atomic E-state index is 12.2. The number of rotatable bonds is 9. The highest BCUT2D eigenvalue weighted by molar-refractivity contribution is 7.86. The molecule has 0 unspecified atom stereocenters. The van der Waals surface area contributed by atoms with E-state index in [4.69, 9.17) is 8.92 Å². The van der Waals surface area contributed by atoms with E-state index in [1.807, 2.05) is 31.2 Å². The van der Waals surface area contributed by atoms with Crippen molar-refractivity contribution in [2.45, 2.75) is 56.8 Å². The molecule has 0 aromatic heterocycles. The van der Waals surface area contributed by atoms with Crippen molar-refractivity contribution in [3.8, 4) is 5.75 Å². The van der Waals surface area contributed by atoms with E-state index in [1.54, 1.807) is 24.3 Å². The van der Waals surface area contributed by atoms with E-state index >= 15 is 0 Å². The first-order valence-corrected chi connectivity index (χ1v) is 11.6. The Morgan fingerprint density at radius 2 is 1.61 bits per heavy atom. The normalized spacial score (nSPS) is 15.5. The van der Waals surface area contributed by atoms with Crippen molar-refractivity contribution in [2.75, 3.05) is 13.2 Å². The van der Waals surface area contributed by atoms with Crippen molar-refractivity contribution in [2.24, 2.45) is 5.92 Å². The standard InChI is InChI=1S/C23H30O4S/c1-19-9-15-23(16-10-19)28(24,25)27-17-5-8-20-11-13-22(14-12-20)26-18-21-6-3-2-4-7-21/h9-16,21H,2-8,17-18H2,1H3.